The molecule has 0 spiro atoms. The number of benzene rings is 1. The van der Waals surface area contributed by atoms with E-state index in [-0.39, 0.29) is 0 Å². The Balaban J connectivity index is 2.41. The Labute approximate surface area is 144 Å². The second-order valence-electron chi connectivity index (χ2n) is 6.48. The minimum Gasteiger partial charge on any atom is -0.444 e. The van der Waals surface area contributed by atoms with E-state index in [2.05, 4.69) is 24.5 Å². The van der Waals surface area contributed by atoms with E-state index >= 15 is 0 Å². The van der Waals surface area contributed by atoms with E-state index in [1.54, 1.807) is 0 Å². The summed E-state index contributed by atoms with van der Waals surface area (Å²) >= 11 is 1.97. The molecule has 0 bridgehead atoms. The van der Waals surface area contributed by atoms with Gasteiger partial charge in [0, 0.05) is 11.7 Å². The third kappa shape index (κ3) is 8.86. The molecule has 1 unspecified atom stereocenters. The average Bonchev–Trinajstić information content (AvgIpc) is 2.45. The van der Waals surface area contributed by atoms with Crippen molar-refractivity contribution < 1.29 is 9.53 Å². The highest BCUT2D eigenvalue weighted by Crippen LogP contribution is 2.17. The van der Waals surface area contributed by atoms with Gasteiger partial charge in [-0.3, -0.25) is 5.32 Å². The Morgan fingerprint density at radius 2 is 1.91 bits per heavy atom. The number of ether oxygens (including phenoxy) is 1. The van der Waals surface area contributed by atoms with Crippen molar-refractivity contribution in [3.8, 4) is 0 Å². The summed E-state index contributed by atoms with van der Waals surface area (Å²) in [7, 11) is 0. The maximum absolute atomic E-state index is 11.7. The molecule has 1 atom stereocenters. The Morgan fingerprint density at radius 3 is 2.48 bits per heavy atom. The first-order valence-electron chi connectivity index (χ1n) is 8.23. The fourth-order valence-electron chi connectivity index (χ4n) is 2.03. The molecule has 0 radical (unpaired) electrons. The van der Waals surface area contributed by atoms with Gasteiger partial charge in [-0.05, 0) is 69.9 Å². The second-order valence-corrected chi connectivity index (χ2v) is 7.87. The topological polar surface area (TPSA) is 50.4 Å². The summed E-state index contributed by atoms with van der Waals surface area (Å²) in [6, 6.07) is 8.18. The maximum Gasteiger partial charge on any atom is 0.412 e. The van der Waals surface area contributed by atoms with Crippen molar-refractivity contribution in [1.29, 1.82) is 0 Å². The molecule has 1 amide bonds. The monoisotopic (exact) mass is 338 g/mol. The van der Waals surface area contributed by atoms with Crippen LogP contribution < -0.4 is 10.6 Å². The van der Waals surface area contributed by atoms with E-state index in [1.807, 2.05) is 56.8 Å². The van der Waals surface area contributed by atoms with Crippen molar-refractivity contribution in [1.82, 2.24) is 5.32 Å². The Kier molecular flexibility index (Phi) is 8.48. The largest absolute Gasteiger partial charge is 0.444 e. The summed E-state index contributed by atoms with van der Waals surface area (Å²) in [6.45, 7) is 10.9. The van der Waals surface area contributed by atoms with Crippen LogP contribution >= 0.6 is 11.8 Å². The highest BCUT2D eigenvalue weighted by Gasteiger charge is 2.16. The first kappa shape index (κ1) is 19.8. The van der Waals surface area contributed by atoms with E-state index in [4.69, 9.17) is 4.74 Å². The minimum absolute atomic E-state index is 0.303. The molecular formula is C18H30N2O2S. The number of nitrogens with one attached hydrogen (secondary N) is 2. The highest BCUT2D eigenvalue weighted by molar-refractivity contribution is 7.99. The van der Waals surface area contributed by atoms with Gasteiger partial charge in [0.1, 0.15) is 5.60 Å². The summed E-state index contributed by atoms with van der Waals surface area (Å²) in [5, 5.41) is 6.27. The smallest absolute Gasteiger partial charge is 0.412 e. The normalized spacial score (nSPS) is 12.7. The molecule has 4 nitrogen and oxygen atoms in total. The number of carbonyl (C=O) groups excluding carboxylic acids is 1. The number of hydrogen-bond donors (Lipinski definition) is 2. The van der Waals surface area contributed by atoms with Crippen molar-refractivity contribution in [2.24, 2.45) is 0 Å². The number of carbonyl (C=O) groups is 1. The lowest BCUT2D eigenvalue weighted by molar-refractivity contribution is 0.0636. The first-order chi connectivity index (χ1) is 10.8. The van der Waals surface area contributed by atoms with Crippen molar-refractivity contribution in [2.75, 3.05) is 23.4 Å². The molecule has 130 valence electrons. The van der Waals surface area contributed by atoms with Crippen LogP contribution in [0.4, 0.5) is 10.5 Å². The lowest BCUT2D eigenvalue weighted by Gasteiger charge is -2.20. The van der Waals surface area contributed by atoms with Gasteiger partial charge in [0.05, 0.1) is 0 Å². The SMILES string of the molecule is CCSCCCNC(C)c1ccc(NC(=O)OC(C)(C)C)cc1. The van der Waals surface area contributed by atoms with Crippen molar-refractivity contribution in [3.63, 3.8) is 0 Å². The average molecular weight is 339 g/mol. The zero-order chi connectivity index (χ0) is 17.3. The summed E-state index contributed by atoms with van der Waals surface area (Å²) in [4.78, 5) is 11.7. The molecular weight excluding hydrogens is 308 g/mol. The summed E-state index contributed by atoms with van der Waals surface area (Å²) in [5.41, 5.74) is 1.47. The fourth-order valence-corrected chi connectivity index (χ4v) is 2.67. The number of rotatable bonds is 8. The lowest BCUT2D eigenvalue weighted by atomic mass is 10.1. The number of anilines is 1. The molecule has 23 heavy (non-hydrogen) atoms. The number of hydrogen-bond acceptors (Lipinski definition) is 4. The van der Waals surface area contributed by atoms with Crippen LogP contribution in [0.2, 0.25) is 0 Å². The van der Waals surface area contributed by atoms with Crippen LogP contribution in [0.3, 0.4) is 0 Å². The molecule has 0 aliphatic heterocycles. The third-order valence-electron chi connectivity index (χ3n) is 3.18. The van der Waals surface area contributed by atoms with Gasteiger partial charge in [-0.15, -0.1) is 0 Å². The van der Waals surface area contributed by atoms with Gasteiger partial charge in [-0.1, -0.05) is 19.1 Å². The standard InChI is InChI=1S/C18H30N2O2S/c1-6-23-13-7-12-19-14(2)15-8-10-16(11-9-15)20-17(21)22-18(3,4)5/h8-11,14,19H,6-7,12-13H2,1-5H3,(H,20,21). The zero-order valence-electron chi connectivity index (χ0n) is 14.9. The molecule has 0 saturated heterocycles. The minimum atomic E-state index is -0.488. The van der Waals surface area contributed by atoms with Gasteiger partial charge in [0.2, 0.25) is 0 Å². The van der Waals surface area contributed by atoms with Gasteiger partial charge in [-0.2, -0.15) is 11.8 Å². The fraction of sp³-hybridized carbons (Fsp3) is 0.611. The quantitative estimate of drug-likeness (QED) is 0.667. The Bertz CT molecular complexity index is 469. The number of thioether (sulfide) groups is 1. The van der Waals surface area contributed by atoms with Crippen molar-refractivity contribution >= 4 is 23.5 Å². The molecule has 1 aromatic carbocycles. The summed E-state index contributed by atoms with van der Waals surface area (Å²) in [6.07, 6.45) is 0.756. The molecule has 0 heterocycles. The maximum atomic E-state index is 11.7. The Hall–Kier alpha value is -1.20. The van der Waals surface area contributed by atoms with E-state index in [1.165, 1.54) is 23.5 Å². The van der Waals surface area contributed by atoms with E-state index in [0.717, 1.165) is 12.2 Å². The first-order valence-corrected chi connectivity index (χ1v) is 9.38. The molecule has 2 N–H and O–H groups in total. The predicted octanol–water partition coefficient (Wildman–Crippen LogP) is 4.83. The summed E-state index contributed by atoms with van der Waals surface area (Å²) in [5.74, 6) is 2.39. The van der Waals surface area contributed by atoms with Crippen LogP contribution in [0.5, 0.6) is 0 Å². The molecule has 0 aliphatic carbocycles. The van der Waals surface area contributed by atoms with Gasteiger partial charge < -0.3 is 10.1 Å². The van der Waals surface area contributed by atoms with E-state index < -0.39 is 11.7 Å². The molecule has 0 saturated carbocycles. The molecule has 5 heteroatoms. The van der Waals surface area contributed by atoms with Gasteiger partial charge >= 0.3 is 6.09 Å². The van der Waals surface area contributed by atoms with Crippen LogP contribution in [0.1, 0.15) is 52.6 Å². The molecule has 1 rings (SSSR count). The van der Waals surface area contributed by atoms with Gasteiger partial charge in [0.25, 0.3) is 0 Å². The lowest BCUT2D eigenvalue weighted by Crippen LogP contribution is -2.27. The van der Waals surface area contributed by atoms with Crippen LogP contribution in [0.15, 0.2) is 24.3 Å². The van der Waals surface area contributed by atoms with Crippen LogP contribution in [-0.2, 0) is 4.74 Å². The van der Waals surface area contributed by atoms with Crippen LogP contribution in [-0.4, -0.2) is 29.7 Å². The second kappa shape index (κ2) is 9.83. The zero-order valence-corrected chi connectivity index (χ0v) is 15.8. The Morgan fingerprint density at radius 1 is 1.26 bits per heavy atom. The van der Waals surface area contributed by atoms with Crippen molar-refractivity contribution in [3.05, 3.63) is 29.8 Å². The predicted molar refractivity (Wildman–Crippen MR) is 100 cm³/mol. The highest BCUT2D eigenvalue weighted by atomic mass is 32.2. The van der Waals surface area contributed by atoms with Crippen LogP contribution in [0, 0.1) is 0 Å². The molecule has 1 aromatic rings. The molecule has 0 aliphatic rings. The molecule has 0 aromatic heterocycles. The summed E-state index contributed by atoms with van der Waals surface area (Å²) < 4.78 is 5.24. The van der Waals surface area contributed by atoms with Gasteiger partial charge in [0.15, 0.2) is 0 Å². The van der Waals surface area contributed by atoms with Crippen molar-refractivity contribution in [2.45, 2.75) is 52.7 Å². The van der Waals surface area contributed by atoms with Crippen LogP contribution in [0.25, 0.3) is 0 Å². The number of amides is 1. The third-order valence-corrected chi connectivity index (χ3v) is 4.16. The van der Waals surface area contributed by atoms with E-state index in [9.17, 15) is 4.79 Å². The van der Waals surface area contributed by atoms with Gasteiger partial charge in [-0.25, -0.2) is 4.79 Å². The molecule has 0 fully saturated rings. The van der Waals surface area contributed by atoms with E-state index in [0.29, 0.717) is 6.04 Å².